The molecule has 1 N–H and O–H groups in total. The first-order valence-electron chi connectivity index (χ1n) is 7.33. The molecule has 1 aliphatic carbocycles. The molecule has 0 bridgehead atoms. The summed E-state index contributed by atoms with van der Waals surface area (Å²) in [6, 6.07) is 7.21. The number of anilines is 1. The zero-order valence-electron chi connectivity index (χ0n) is 12.4. The number of rotatable bonds is 3. The number of carbonyl (C=O) groups is 3. The molecular formula is C16H18N2O4. The number of nitrogens with zero attached hydrogens (tertiary/aromatic N) is 2. The second-order valence-corrected chi connectivity index (χ2v) is 5.96. The van der Waals surface area contributed by atoms with E-state index >= 15 is 0 Å². The van der Waals surface area contributed by atoms with E-state index < -0.39 is 11.4 Å². The minimum absolute atomic E-state index is 0.0922. The molecule has 0 atom stereocenters. The van der Waals surface area contributed by atoms with Gasteiger partial charge in [-0.3, -0.25) is 19.3 Å². The number of para-hydroxylation sites is 1. The maximum absolute atomic E-state index is 11.9. The highest BCUT2D eigenvalue weighted by molar-refractivity contribution is 6.03. The lowest BCUT2D eigenvalue weighted by molar-refractivity contribution is -0.147. The highest BCUT2D eigenvalue weighted by Crippen LogP contribution is 2.47. The van der Waals surface area contributed by atoms with Gasteiger partial charge in [-0.05, 0) is 24.5 Å². The van der Waals surface area contributed by atoms with Crippen molar-refractivity contribution >= 4 is 23.5 Å². The van der Waals surface area contributed by atoms with Gasteiger partial charge in [0.15, 0.2) is 0 Å². The summed E-state index contributed by atoms with van der Waals surface area (Å²) in [7, 11) is 1.47. The maximum atomic E-state index is 11.9. The van der Waals surface area contributed by atoms with Gasteiger partial charge in [-0.25, -0.2) is 0 Å². The van der Waals surface area contributed by atoms with Crippen molar-refractivity contribution in [1.29, 1.82) is 0 Å². The van der Waals surface area contributed by atoms with Gasteiger partial charge in [-0.1, -0.05) is 24.6 Å². The van der Waals surface area contributed by atoms with Gasteiger partial charge < -0.3 is 10.0 Å². The largest absolute Gasteiger partial charge is 0.481 e. The second kappa shape index (κ2) is 5.12. The van der Waals surface area contributed by atoms with Crippen molar-refractivity contribution in [2.24, 2.45) is 0 Å². The number of piperazine rings is 1. The van der Waals surface area contributed by atoms with Crippen LogP contribution in [-0.4, -0.2) is 47.9 Å². The fourth-order valence-electron chi connectivity index (χ4n) is 3.19. The summed E-state index contributed by atoms with van der Waals surface area (Å²) in [5.74, 6) is -1.38. The average molecular weight is 302 g/mol. The van der Waals surface area contributed by atoms with E-state index in [0.717, 1.165) is 11.3 Å². The van der Waals surface area contributed by atoms with Crippen LogP contribution in [0.4, 0.5) is 5.69 Å². The molecule has 1 saturated carbocycles. The van der Waals surface area contributed by atoms with Gasteiger partial charge in [0.2, 0.25) is 11.8 Å². The highest BCUT2D eigenvalue weighted by Gasteiger charge is 2.48. The van der Waals surface area contributed by atoms with E-state index in [0.29, 0.717) is 24.1 Å². The summed E-state index contributed by atoms with van der Waals surface area (Å²) < 4.78 is 0. The van der Waals surface area contributed by atoms with Crippen LogP contribution >= 0.6 is 0 Å². The molecule has 3 rings (SSSR count). The van der Waals surface area contributed by atoms with Crippen molar-refractivity contribution in [2.75, 3.05) is 25.0 Å². The molecule has 1 saturated heterocycles. The van der Waals surface area contributed by atoms with Crippen LogP contribution in [0.25, 0.3) is 0 Å². The van der Waals surface area contributed by atoms with Gasteiger partial charge in [0.25, 0.3) is 0 Å². The lowest BCUT2D eigenvalue weighted by Crippen LogP contribution is -2.53. The van der Waals surface area contributed by atoms with Crippen LogP contribution in [0.15, 0.2) is 24.3 Å². The molecule has 1 aromatic rings. The van der Waals surface area contributed by atoms with Crippen LogP contribution in [0.2, 0.25) is 0 Å². The molecule has 0 spiro atoms. The van der Waals surface area contributed by atoms with Crippen molar-refractivity contribution in [2.45, 2.75) is 24.7 Å². The van der Waals surface area contributed by atoms with Crippen LogP contribution in [0.3, 0.4) is 0 Å². The van der Waals surface area contributed by atoms with Crippen molar-refractivity contribution in [3.05, 3.63) is 29.8 Å². The average Bonchev–Trinajstić information content (AvgIpc) is 2.43. The summed E-state index contributed by atoms with van der Waals surface area (Å²) >= 11 is 0. The van der Waals surface area contributed by atoms with Gasteiger partial charge in [0.05, 0.1) is 18.5 Å². The van der Waals surface area contributed by atoms with E-state index in [1.807, 2.05) is 6.07 Å². The molecule has 2 fully saturated rings. The van der Waals surface area contributed by atoms with Crippen molar-refractivity contribution in [3.63, 3.8) is 0 Å². The van der Waals surface area contributed by atoms with Gasteiger partial charge in [-0.15, -0.1) is 0 Å². The molecule has 0 radical (unpaired) electrons. The molecule has 2 aliphatic rings. The molecule has 0 aromatic heterocycles. The zero-order valence-corrected chi connectivity index (χ0v) is 12.4. The van der Waals surface area contributed by atoms with Crippen LogP contribution in [0.5, 0.6) is 0 Å². The first kappa shape index (κ1) is 14.6. The normalized spacial score (nSPS) is 20.8. The summed E-state index contributed by atoms with van der Waals surface area (Å²) in [6.45, 7) is 0.184. The fourth-order valence-corrected chi connectivity index (χ4v) is 3.19. The molecular weight excluding hydrogens is 284 g/mol. The number of carbonyl (C=O) groups excluding carboxylic acids is 2. The minimum atomic E-state index is -0.883. The maximum Gasteiger partial charge on any atom is 0.314 e. The van der Waals surface area contributed by atoms with Crippen LogP contribution in [0.1, 0.15) is 24.8 Å². The standard InChI is InChI=1S/C16H18N2O4/c1-17-13(19)9-18(10-14(17)20)12-6-3-2-5-11(12)16(15(21)22)7-4-8-16/h2-3,5-6H,4,7-10H2,1H3,(H,21,22). The number of amides is 2. The van der Waals surface area contributed by atoms with E-state index in [2.05, 4.69) is 0 Å². The molecule has 1 heterocycles. The number of carboxylic acid groups (broad SMARTS) is 1. The van der Waals surface area contributed by atoms with Gasteiger partial charge in [0, 0.05) is 12.7 Å². The quantitative estimate of drug-likeness (QED) is 0.843. The third kappa shape index (κ3) is 2.06. The molecule has 22 heavy (non-hydrogen) atoms. The Morgan fingerprint density at radius 3 is 2.23 bits per heavy atom. The van der Waals surface area contributed by atoms with E-state index in [9.17, 15) is 19.5 Å². The van der Waals surface area contributed by atoms with Crippen molar-refractivity contribution in [1.82, 2.24) is 4.90 Å². The van der Waals surface area contributed by atoms with E-state index in [-0.39, 0.29) is 24.9 Å². The number of benzene rings is 1. The minimum Gasteiger partial charge on any atom is -0.481 e. The van der Waals surface area contributed by atoms with Gasteiger partial charge in [-0.2, -0.15) is 0 Å². The number of carboxylic acids is 1. The smallest absolute Gasteiger partial charge is 0.314 e. The molecule has 1 aliphatic heterocycles. The first-order valence-corrected chi connectivity index (χ1v) is 7.33. The zero-order chi connectivity index (χ0) is 15.9. The monoisotopic (exact) mass is 302 g/mol. The van der Waals surface area contributed by atoms with Crippen molar-refractivity contribution < 1.29 is 19.5 Å². The number of aliphatic carboxylic acids is 1. The van der Waals surface area contributed by atoms with Crippen LogP contribution < -0.4 is 4.90 Å². The molecule has 2 amide bonds. The summed E-state index contributed by atoms with van der Waals surface area (Å²) in [5.41, 5.74) is 0.504. The van der Waals surface area contributed by atoms with Crippen LogP contribution in [0, 0.1) is 0 Å². The Morgan fingerprint density at radius 1 is 1.14 bits per heavy atom. The number of hydrogen-bond donors (Lipinski definition) is 1. The topological polar surface area (TPSA) is 77.9 Å². The Kier molecular flexibility index (Phi) is 3.39. The van der Waals surface area contributed by atoms with E-state index in [4.69, 9.17) is 0 Å². The highest BCUT2D eigenvalue weighted by atomic mass is 16.4. The first-order chi connectivity index (χ1) is 10.5. The Hall–Kier alpha value is -2.37. The Bertz CT molecular complexity index is 633. The summed E-state index contributed by atoms with van der Waals surface area (Å²) in [5, 5.41) is 9.65. The van der Waals surface area contributed by atoms with Gasteiger partial charge in [0.1, 0.15) is 0 Å². The fraction of sp³-hybridized carbons (Fsp3) is 0.438. The summed E-state index contributed by atoms with van der Waals surface area (Å²) in [4.78, 5) is 38.4. The number of likely N-dealkylation sites (N-methyl/N-ethyl adjacent to an activating group) is 1. The Balaban J connectivity index is 2.01. The molecule has 1 aromatic carbocycles. The number of hydrogen-bond acceptors (Lipinski definition) is 4. The predicted molar refractivity (Wildman–Crippen MR) is 79.6 cm³/mol. The number of imide groups is 1. The molecule has 6 nitrogen and oxygen atoms in total. The Morgan fingerprint density at radius 2 is 1.73 bits per heavy atom. The Labute approximate surface area is 128 Å². The third-order valence-corrected chi connectivity index (χ3v) is 4.78. The van der Waals surface area contributed by atoms with Gasteiger partial charge >= 0.3 is 5.97 Å². The predicted octanol–water partition coefficient (Wildman–Crippen LogP) is 0.998. The second-order valence-electron chi connectivity index (χ2n) is 5.96. The van der Waals surface area contributed by atoms with Crippen LogP contribution in [-0.2, 0) is 19.8 Å². The molecule has 6 heteroatoms. The lowest BCUT2D eigenvalue weighted by Gasteiger charge is -2.42. The van der Waals surface area contributed by atoms with E-state index in [1.54, 1.807) is 23.1 Å². The van der Waals surface area contributed by atoms with E-state index in [1.165, 1.54) is 7.05 Å². The molecule has 116 valence electrons. The summed E-state index contributed by atoms with van der Waals surface area (Å²) in [6.07, 6.45) is 2.06. The molecule has 0 unspecified atom stereocenters. The lowest BCUT2D eigenvalue weighted by atomic mass is 9.64. The van der Waals surface area contributed by atoms with Crippen molar-refractivity contribution in [3.8, 4) is 0 Å². The third-order valence-electron chi connectivity index (χ3n) is 4.78. The SMILES string of the molecule is CN1C(=O)CN(c2ccccc2C2(C(=O)O)CCC2)CC1=O.